The zero-order valence-corrected chi connectivity index (χ0v) is 22.9. The second kappa shape index (κ2) is 11.5. The lowest BCUT2D eigenvalue weighted by Crippen LogP contribution is -2.38. The van der Waals surface area contributed by atoms with Gasteiger partial charge in [0.25, 0.3) is 0 Å². The molecule has 1 N–H and O–H groups in total. The van der Waals surface area contributed by atoms with E-state index in [0.717, 1.165) is 35.4 Å². The highest BCUT2D eigenvalue weighted by atomic mass is 19.1. The fourth-order valence-corrected chi connectivity index (χ4v) is 4.98. The van der Waals surface area contributed by atoms with Gasteiger partial charge >= 0.3 is 5.97 Å². The molecule has 12 heteroatoms. The molecule has 0 unspecified atom stereocenters. The number of fused-ring (bicyclic) bond motifs is 1. The van der Waals surface area contributed by atoms with E-state index in [4.69, 9.17) is 19.7 Å². The minimum Gasteiger partial charge on any atom is -0.478 e. The summed E-state index contributed by atoms with van der Waals surface area (Å²) in [4.78, 5) is 23.0. The maximum Gasteiger partial charge on any atom is 0.335 e. The summed E-state index contributed by atoms with van der Waals surface area (Å²) in [5.74, 6) is 0.303. The molecular weight excluding hydrogens is 541 g/mol. The lowest BCUT2D eigenvalue weighted by molar-refractivity contribution is -0.0592. The van der Waals surface area contributed by atoms with Crippen LogP contribution in [0.25, 0.3) is 11.0 Å². The third-order valence-corrected chi connectivity index (χ3v) is 7.39. The standard InChI is InChI=1S/C30H28FN7O4/c1-19-11-22(30(39)40)13-25-29(19)35-27(38(25)15-23-7-10-41-23)16-37-9-8-36(18-33-37)26-3-2-4-28(34-26)42-17-21-6-5-20(14-32)12-24(21)31/h2-6,11-13,18,23H,7-10,15-17H2,1H3,(H,39,40)/t23-/m0/s1. The number of ether oxygens (including phenoxy) is 2. The molecule has 2 aliphatic heterocycles. The number of nitriles is 1. The Kier molecular flexibility index (Phi) is 7.41. The Labute approximate surface area is 241 Å². The Bertz CT molecular complexity index is 1730. The average molecular weight is 570 g/mol. The van der Waals surface area contributed by atoms with Crippen LogP contribution in [0.5, 0.6) is 5.88 Å². The van der Waals surface area contributed by atoms with Crippen molar-refractivity contribution >= 4 is 29.2 Å². The molecule has 2 aliphatic rings. The number of carboxylic acid groups (broad SMARTS) is 1. The third kappa shape index (κ3) is 5.59. The van der Waals surface area contributed by atoms with Gasteiger partial charge in [-0.2, -0.15) is 15.3 Å². The number of hydrazone groups is 1. The number of rotatable bonds is 9. The van der Waals surface area contributed by atoms with Gasteiger partial charge in [-0.25, -0.2) is 14.2 Å². The summed E-state index contributed by atoms with van der Waals surface area (Å²) in [5, 5.41) is 25.1. The maximum atomic E-state index is 14.2. The van der Waals surface area contributed by atoms with Crippen LogP contribution in [0.4, 0.5) is 10.2 Å². The molecule has 6 rings (SSSR count). The molecular formula is C30H28FN7O4. The molecule has 1 saturated heterocycles. The Morgan fingerprint density at radius 3 is 2.76 bits per heavy atom. The molecule has 214 valence electrons. The van der Waals surface area contributed by atoms with Gasteiger partial charge in [0.05, 0.1) is 54.0 Å². The second-order valence-electron chi connectivity index (χ2n) is 10.2. The molecule has 4 aromatic rings. The van der Waals surface area contributed by atoms with Crippen molar-refractivity contribution in [1.82, 2.24) is 19.5 Å². The Morgan fingerprint density at radius 1 is 1.21 bits per heavy atom. The predicted molar refractivity (Wildman–Crippen MR) is 152 cm³/mol. The van der Waals surface area contributed by atoms with Crippen LogP contribution < -0.4 is 9.64 Å². The van der Waals surface area contributed by atoms with Crippen LogP contribution in [0, 0.1) is 24.1 Å². The molecule has 0 aliphatic carbocycles. The molecule has 2 aromatic carbocycles. The summed E-state index contributed by atoms with van der Waals surface area (Å²) in [5.41, 5.74) is 3.18. The molecule has 0 amide bonds. The fraction of sp³-hybridized carbons (Fsp3) is 0.300. The molecule has 2 aromatic heterocycles. The van der Waals surface area contributed by atoms with Crippen molar-refractivity contribution in [2.24, 2.45) is 5.10 Å². The SMILES string of the molecule is Cc1cc(C(=O)O)cc2c1nc(CN1CCN(c3cccc(OCc4ccc(C#N)cc4F)n3)C=N1)n2C[C@@H]1CCO1. The largest absolute Gasteiger partial charge is 0.478 e. The van der Waals surface area contributed by atoms with E-state index in [1.54, 1.807) is 30.6 Å². The molecule has 0 radical (unpaired) electrons. The van der Waals surface area contributed by atoms with E-state index >= 15 is 0 Å². The van der Waals surface area contributed by atoms with Gasteiger partial charge in [0.15, 0.2) is 0 Å². The lowest BCUT2D eigenvalue weighted by Gasteiger charge is -2.30. The maximum absolute atomic E-state index is 14.2. The number of aromatic nitrogens is 3. The Balaban J connectivity index is 1.16. The van der Waals surface area contributed by atoms with Crippen molar-refractivity contribution in [3.8, 4) is 11.9 Å². The van der Waals surface area contributed by atoms with Crippen LogP contribution in [0.3, 0.4) is 0 Å². The van der Waals surface area contributed by atoms with Crippen LogP contribution in [-0.2, 0) is 24.4 Å². The molecule has 0 saturated carbocycles. The highest BCUT2D eigenvalue weighted by Gasteiger charge is 2.25. The number of anilines is 1. The highest BCUT2D eigenvalue weighted by Crippen LogP contribution is 2.26. The van der Waals surface area contributed by atoms with E-state index in [0.29, 0.717) is 43.4 Å². The number of halogens is 1. The summed E-state index contributed by atoms with van der Waals surface area (Å²) in [6.45, 7) is 4.83. The first-order valence-electron chi connectivity index (χ1n) is 13.6. The quantitative estimate of drug-likeness (QED) is 0.317. The summed E-state index contributed by atoms with van der Waals surface area (Å²) < 4.78 is 27.7. The summed E-state index contributed by atoms with van der Waals surface area (Å²) >= 11 is 0. The molecule has 1 atom stereocenters. The average Bonchev–Trinajstić information content (AvgIpc) is 3.31. The van der Waals surface area contributed by atoms with Gasteiger partial charge in [-0.1, -0.05) is 12.1 Å². The monoisotopic (exact) mass is 569 g/mol. The molecule has 11 nitrogen and oxygen atoms in total. The lowest BCUT2D eigenvalue weighted by atomic mass is 10.1. The van der Waals surface area contributed by atoms with Gasteiger partial charge in [-0.15, -0.1) is 0 Å². The third-order valence-electron chi connectivity index (χ3n) is 7.39. The van der Waals surface area contributed by atoms with Gasteiger partial charge in [-0.3, -0.25) is 5.01 Å². The second-order valence-corrected chi connectivity index (χ2v) is 10.2. The van der Waals surface area contributed by atoms with E-state index < -0.39 is 11.8 Å². The molecule has 0 bridgehead atoms. The minimum absolute atomic E-state index is 0.0177. The van der Waals surface area contributed by atoms with Gasteiger partial charge in [-0.05, 0) is 49.2 Å². The van der Waals surface area contributed by atoms with Crippen molar-refractivity contribution in [2.45, 2.75) is 39.1 Å². The van der Waals surface area contributed by atoms with Gasteiger partial charge in [0, 0.05) is 24.8 Å². The number of aromatic carboxylic acids is 1. The number of hydrogen-bond donors (Lipinski definition) is 1. The summed E-state index contributed by atoms with van der Waals surface area (Å²) in [6.07, 6.45) is 2.72. The number of carbonyl (C=O) groups is 1. The highest BCUT2D eigenvalue weighted by molar-refractivity contribution is 5.94. The molecule has 0 spiro atoms. The summed E-state index contributed by atoms with van der Waals surface area (Å²) in [7, 11) is 0. The van der Waals surface area contributed by atoms with Crippen LogP contribution in [0.2, 0.25) is 0 Å². The van der Waals surface area contributed by atoms with Crippen molar-refractivity contribution in [3.05, 3.63) is 82.4 Å². The number of imidazole rings is 1. The van der Waals surface area contributed by atoms with E-state index in [1.807, 2.05) is 35.0 Å². The number of hydrogen-bond acceptors (Lipinski definition) is 9. The Morgan fingerprint density at radius 2 is 2.07 bits per heavy atom. The van der Waals surface area contributed by atoms with Crippen molar-refractivity contribution in [2.75, 3.05) is 24.6 Å². The van der Waals surface area contributed by atoms with Crippen LogP contribution in [0.1, 0.15) is 39.3 Å². The molecule has 4 heterocycles. The number of nitrogens with zero attached hydrogens (tertiary/aromatic N) is 7. The smallest absolute Gasteiger partial charge is 0.335 e. The Hall–Kier alpha value is -5.02. The predicted octanol–water partition coefficient (Wildman–Crippen LogP) is 4.08. The zero-order chi connectivity index (χ0) is 29.2. The van der Waals surface area contributed by atoms with Crippen LogP contribution >= 0.6 is 0 Å². The van der Waals surface area contributed by atoms with Gasteiger partial charge in [0.1, 0.15) is 30.4 Å². The normalized spacial score (nSPS) is 16.4. The zero-order valence-electron chi connectivity index (χ0n) is 22.9. The topological polar surface area (TPSA) is 129 Å². The first-order chi connectivity index (χ1) is 20.4. The summed E-state index contributed by atoms with van der Waals surface area (Å²) in [6, 6.07) is 14.9. The number of pyridine rings is 1. The van der Waals surface area contributed by atoms with Crippen LogP contribution in [0.15, 0.2) is 53.6 Å². The molecule has 1 fully saturated rings. The first kappa shape index (κ1) is 27.2. The van der Waals surface area contributed by atoms with Crippen molar-refractivity contribution in [3.63, 3.8) is 0 Å². The number of benzene rings is 2. The minimum atomic E-state index is -0.973. The number of aryl methyl sites for hydroxylation is 1. The van der Waals surface area contributed by atoms with E-state index in [9.17, 15) is 14.3 Å². The van der Waals surface area contributed by atoms with Crippen molar-refractivity contribution in [1.29, 1.82) is 5.26 Å². The van der Waals surface area contributed by atoms with E-state index in [-0.39, 0.29) is 23.8 Å². The van der Waals surface area contributed by atoms with E-state index in [2.05, 4.69) is 14.7 Å². The van der Waals surface area contributed by atoms with E-state index in [1.165, 1.54) is 12.1 Å². The number of carboxylic acids is 1. The molecule has 42 heavy (non-hydrogen) atoms. The van der Waals surface area contributed by atoms with Gasteiger partial charge in [0.2, 0.25) is 5.88 Å². The van der Waals surface area contributed by atoms with Crippen molar-refractivity contribution < 1.29 is 23.8 Å². The first-order valence-corrected chi connectivity index (χ1v) is 13.6. The van der Waals surface area contributed by atoms with Crippen LogP contribution in [-0.4, -0.2) is 62.8 Å². The van der Waals surface area contributed by atoms with Gasteiger partial charge < -0.3 is 24.0 Å². The fourth-order valence-electron chi connectivity index (χ4n) is 4.98.